The lowest BCUT2D eigenvalue weighted by molar-refractivity contribution is 0.0315. The summed E-state index contributed by atoms with van der Waals surface area (Å²) in [5.74, 6) is 0.834. The number of ether oxygens (including phenoxy) is 1. The van der Waals surface area contributed by atoms with Gasteiger partial charge in [-0.05, 0) is 65.9 Å². The van der Waals surface area contributed by atoms with Gasteiger partial charge in [0.1, 0.15) is 11.9 Å². The Balaban J connectivity index is 1.96. The van der Waals surface area contributed by atoms with Gasteiger partial charge in [-0.15, -0.1) is 0 Å². The molecule has 0 radical (unpaired) electrons. The largest absolute Gasteiger partial charge is 0.487 e. The number of aliphatic hydroxyl groups excluding tert-OH is 1. The molecule has 3 nitrogen and oxygen atoms in total. The molecule has 0 aliphatic heterocycles. The summed E-state index contributed by atoms with van der Waals surface area (Å²) in [6.07, 6.45) is 5.94. The molecule has 2 atom stereocenters. The van der Waals surface area contributed by atoms with Crippen LogP contribution in [-0.2, 0) is 6.54 Å². The molecule has 1 fully saturated rings. The fourth-order valence-corrected chi connectivity index (χ4v) is 3.23. The van der Waals surface area contributed by atoms with Crippen molar-refractivity contribution in [2.75, 3.05) is 6.54 Å². The molecule has 1 saturated carbocycles. The van der Waals surface area contributed by atoms with Crippen LogP contribution < -0.4 is 10.1 Å². The van der Waals surface area contributed by atoms with E-state index in [1.807, 2.05) is 6.07 Å². The molecule has 0 saturated heterocycles. The van der Waals surface area contributed by atoms with Gasteiger partial charge in [-0.25, -0.2) is 0 Å². The molecule has 1 aromatic rings. The van der Waals surface area contributed by atoms with Crippen molar-refractivity contribution < 1.29 is 9.84 Å². The molecule has 1 aliphatic carbocycles. The van der Waals surface area contributed by atoms with E-state index in [0.29, 0.717) is 0 Å². The summed E-state index contributed by atoms with van der Waals surface area (Å²) in [6.45, 7) is 4.07. The third-order valence-corrected chi connectivity index (χ3v) is 4.57. The molecule has 0 heterocycles. The molecular weight excluding hydrogens is 330 g/mol. The second kappa shape index (κ2) is 8.76. The van der Waals surface area contributed by atoms with E-state index in [-0.39, 0.29) is 12.2 Å². The van der Waals surface area contributed by atoms with Crippen molar-refractivity contribution in [3.05, 3.63) is 28.2 Å². The van der Waals surface area contributed by atoms with Crippen LogP contribution in [-0.4, -0.2) is 23.9 Å². The van der Waals surface area contributed by atoms with E-state index in [1.54, 1.807) is 0 Å². The highest BCUT2D eigenvalue weighted by Crippen LogP contribution is 2.30. The summed E-state index contributed by atoms with van der Waals surface area (Å²) in [5, 5.41) is 13.5. The van der Waals surface area contributed by atoms with E-state index < -0.39 is 0 Å². The van der Waals surface area contributed by atoms with Crippen molar-refractivity contribution in [2.24, 2.45) is 0 Å². The second-order valence-corrected chi connectivity index (χ2v) is 6.66. The second-order valence-electron chi connectivity index (χ2n) is 5.80. The molecule has 21 heavy (non-hydrogen) atoms. The zero-order chi connectivity index (χ0) is 15.1. The zero-order valence-electron chi connectivity index (χ0n) is 12.8. The van der Waals surface area contributed by atoms with Gasteiger partial charge < -0.3 is 15.2 Å². The Bertz CT molecular complexity index is 439. The number of halogens is 1. The lowest BCUT2D eigenvalue weighted by Crippen LogP contribution is -2.30. The summed E-state index contributed by atoms with van der Waals surface area (Å²) >= 11 is 3.59. The molecule has 0 bridgehead atoms. The predicted octanol–water partition coefficient (Wildman–Crippen LogP) is 4.02. The van der Waals surface area contributed by atoms with Crippen molar-refractivity contribution in [1.29, 1.82) is 0 Å². The SMILES string of the molecule is CCCNCc1ccc(OC2CCCCCC2O)c(Br)c1. The van der Waals surface area contributed by atoms with Crippen LogP contribution in [0.15, 0.2) is 22.7 Å². The average molecular weight is 356 g/mol. The third-order valence-electron chi connectivity index (χ3n) is 3.95. The van der Waals surface area contributed by atoms with Gasteiger partial charge in [0.2, 0.25) is 0 Å². The van der Waals surface area contributed by atoms with Crippen LogP contribution in [0.3, 0.4) is 0 Å². The highest BCUT2D eigenvalue weighted by Gasteiger charge is 2.23. The number of hydrogen-bond acceptors (Lipinski definition) is 3. The van der Waals surface area contributed by atoms with E-state index in [9.17, 15) is 5.11 Å². The normalized spacial score (nSPS) is 22.8. The number of benzene rings is 1. The van der Waals surface area contributed by atoms with E-state index in [0.717, 1.165) is 55.4 Å². The molecule has 118 valence electrons. The Morgan fingerprint density at radius 1 is 1.29 bits per heavy atom. The van der Waals surface area contributed by atoms with Gasteiger partial charge in [0, 0.05) is 6.54 Å². The first kappa shape index (κ1) is 16.8. The van der Waals surface area contributed by atoms with Crippen molar-refractivity contribution in [2.45, 2.75) is 64.2 Å². The number of rotatable bonds is 6. The van der Waals surface area contributed by atoms with Crippen LogP contribution in [0.5, 0.6) is 5.75 Å². The molecule has 1 aromatic carbocycles. The first-order valence-electron chi connectivity index (χ1n) is 8.04. The van der Waals surface area contributed by atoms with Crippen molar-refractivity contribution in [3.63, 3.8) is 0 Å². The summed E-state index contributed by atoms with van der Waals surface area (Å²) < 4.78 is 7.01. The van der Waals surface area contributed by atoms with Gasteiger partial charge in [-0.3, -0.25) is 0 Å². The lowest BCUT2D eigenvalue weighted by atomic mass is 10.1. The minimum absolute atomic E-state index is 0.0760. The highest BCUT2D eigenvalue weighted by atomic mass is 79.9. The first-order valence-corrected chi connectivity index (χ1v) is 8.84. The maximum absolute atomic E-state index is 10.1. The number of aliphatic hydroxyl groups is 1. The van der Waals surface area contributed by atoms with Gasteiger partial charge in [0.15, 0.2) is 0 Å². The van der Waals surface area contributed by atoms with Crippen LogP contribution in [0, 0.1) is 0 Å². The molecule has 4 heteroatoms. The van der Waals surface area contributed by atoms with E-state index >= 15 is 0 Å². The van der Waals surface area contributed by atoms with Crippen LogP contribution >= 0.6 is 15.9 Å². The highest BCUT2D eigenvalue weighted by molar-refractivity contribution is 9.10. The zero-order valence-corrected chi connectivity index (χ0v) is 14.4. The van der Waals surface area contributed by atoms with Gasteiger partial charge in [-0.1, -0.05) is 25.8 Å². The fourth-order valence-electron chi connectivity index (χ4n) is 2.71. The number of hydrogen-bond donors (Lipinski definition) is 2. The maximum Gasteiger partial charge on any atom is 0.134 e. The molecule has 2 unspecified atom stereocenters. The third kappa shape index (κ3) is 5.28. The van der Waals surface area contributed by atoms with Crippen molar-refractivity contribution in [1.82, 2.24) is 5.32 Å². The van der Waals surface area contributed by atoms with Gasteiger partial charge in [-0.2, -0.15) is 0 Å². The average Bonchev–Trinajstić information content (AvgIpc) is 2.67. The molecule has 2 rings (SSSR count). The Morgan fingerprint density at radius 3 is 2.86 bits per heavy atom. The topological polar surface area (TPSA) is 41.5 Å². The van der Waals surface area contributed by atoms with Crippen LogP contribution in [0.2, 0.25) is 0 Å². The summed E-state index contributed by atoms with van der Waals surface area (Å²) in [5.41, 5.74) is 1.24. The Labute approximate surface area is 136 Å². The Morgan fingerprint density at radius 2 is 2.10 bits per heavy atom. The van der Waals surface area contributed by atoms with Gasteiger partial charge in [0.05, 0.1) is 10.6 Å². The monoisotopic (exact) mass is 355 g/mol. The Hall–Kier alpha value is -0.580. The summed E-state index contributed by atoms with van der Waals surface area (Å²) in [6, 6.07) is 6.19. The van der Waals surface area contributed by atoms with Gasteiger partial charge >= 0.3 is 0 Å². The molecular formula is C17H26BrNO2. The number of nitrogens with one attached hydrogen (secondary N) is 1. The summed E-state index contributed by atoms with van der Waals surface area (Å²) in [4.78, 5) is 0. The molecule has 2 N–H and O–H groups in total. The lowest BCUT2D eigenvalue weighted by Gasteiger charge is -2.23. The smallest absolute Gasteiger partial charge is 0.134 e. The Kier molecular flexibility index (Phi) is 7.00. The first-order chi connectivity index (χ1) is 10.2. The molecule has 0 spiro atoms. The molecule has 0 aromatic heterocycles. The van der Waals surface area contributed by atoms with Crippen LogP contribution in [0.4, 0.5) is 0 Å². The predicted molar refractivity (Wildman–Crippen MR) is 89.6 cm³/mol. The van der Waals surface area contributed by atoms with E-state index in [4.69, 9.17) is 4.74 Å². The molecule has 1 aliphatic rings. The van der Waals surface area contributed by atoms with Crippen molar-refractivity contribution >= 4 is 15.9 Å². The van der Waals surface area contributed by atoms with Crippen LogP contribution in [0.25, 0.3) is 0 Å². The minimum Gasteiger partial charge on any atom is -0.487 e. The van der Waals surface area contributed by atoms with Crippen molar-refractivity contribution in [3.8, 4) is 5.75 Å². The standard InChI is InChI=1S/C17H26BrNO2/c1-2-10-19-12-13-8-9-16(14(18)11-13)21-17-7-5-3-4-6-15(17)20/h8-9,11,15,17,19-20H,2-7,10,12H2,1H3. The maximum atomic E-state index is 10.1. The van der Waals surface area contributed by atoms with Gasteiger partial charge in [0.25, 0.3) is 0 Å². The van der Waals surface area contributed by atoms with Crippen LogP contribution in [0.1, 0.15) is 51.0 Å². The quantitative estimate of drug-likeness (QED) is 0.598. The fraction of sp³-hybridized carbons (Fsp3) is 0.647. The summed E-state index contributed by atoms with van der Waals surface area (Å²) in [7, 11) is 0. The minimum atomic E-state index is -0.342. The van der Waals surface area contributed by atoms with E-state index in [2.05, 4.69) is 40.3 Å². The molecule has 0 amide bonds. The van der Waals surface area contributed by atoms with E-state index in [1.165, 1.54) is 12.0 Å².